The molecule has 3 heterocycles. The highest BCUT2D eigenvalue weighted by Gasteiger charge is 2.63. The number of carbonyl (C=O) groups excluding carboxylic acids is 2. The lowest BCUT2D eigenvalue weighted by molar-refractivity contribution is -0.275. The van der Waals surface area contributed by atoms with Crippen LogP contribution in [-0.2, 0) is 28.1 Å². The number of hydrogen-bond donors (Lipinski definition) is 1. The van der Waals surface area contributed by atoms with Crippen LogP contribution in [0.15, 0.2) is 17.3 Å². The molecule has 1 aromatic carbocycles. The van der Waals surface area contributed by atoms with E-state index in [9.17, 15) is 40.3 Å². The molecule has 1 fully saturated rings. The number of hydrogen-bond acceptors (Lipinski definition) is 5. The van der Waals surface area contributed by atoms with Crippen molar-refractivity contribution in [3.05, 3.63) is 54.4 Å². The van der Waals surface area contributed by atoms with Crippen LogP contribution in [0.2, 0.25) is 10.0 Å². The SMILES string of the molecule is O=C(NC1CCN(CC(F)(F)F)C1=O)c1sc(C2=NOC(c3cc(Cl)c(F)c(Cl)c3)(C(F)(F)F)C2)c2c1CCC2. The summed E-state index contributed by atoms with van der Waals surface area (Å²) in [4.78, 5) is 31.6. The minimum atomic E-state index is -5.02. The molecule has 5 rings (SSSR count). The molecule has 0 saturated carbocycles. The first-order valence-electron chi connectivity index (χ1n) is 11.9. The molecule has 0 bridgehead atoms. The Bertz CT molecular complexity index is 1400. The van der Waals surface area contributed by atoms with Gasteiger partial charge in [-0.1, -0.05) is 28.4 Å². The van der Waals surface area contributed by atoms with Gasteiger partial charge >= 0.3 is 12.4 Å². The molecule has 1 aliphatic carbocycles. The third-order valence-corrected chi connectivity index (χ3v) is 8.92. The van der Waals surface area contributed by atoms with Gasteiger partial charge in [-0.25, -0.2) is 4.39 Å². The van der Waals surface area contributed by atoms with E-state index in [1.807, 2.05) is 0 Å². The molecule has 2 amide bonds. The molecule has 1 saturated heterocycles. The van der Waals surface area contributed by atoms with Gasteiger partial charge in [0.15, 0.2) is 5.82 Å². The van der Waals surface area contributed by atoms with Gasteiger partial charge in [-0.05, 0) is 48.9 Å². The Hall–Kier alpha value is -2.58. The molecule has 2 atom stereocenters. The topological polar surface area (TPSA) is 71.0 Å². The van der Waals surface area contributed by atoms with Crippen molar-refractivity contribution in [3.8, 4) is 0 Å². The Balaban J connectivity index is 1.41. The van der Waals surface area contributed by atoms with Crippen molar-refractivity contribution < 1.29 is 45.2 Å². The third kappa shape index (κ3) is 5.02. The first-order valence-corrected chi connectivity index (χ1v) is 13.5. The normalized spacial score (nSPS) is 22.9. The molecule has 0 radical (unpaired) electrons. The summed E-state index contributed by atoms with van der Waals surface area (Å²) < 4.78 is 95.4. The lowest BCUT2D eigenvalue weighted by Gasteiger charge is -2.29. The molecular weight excluding hydrogens is 614 g/mol. The summed E-state index contributed by atoms with van der Waals surface area (Å²) in [6, 6.07) is 0.385. The zero-order valence-corrected chi connectivity index (χ0v) is 22.4. The Morgan fingerprint density at radius 2 is 1.80 bits per heavy atom. The second-order valence-corrected chi connectivity index (χ2v) is 11.5. The lowest BCUT2D eigenvalue weighted by atomic mass is 9.87. The van der Waals surface area contributed by atoms with Crippen LogP contribution < -0.4 is 5.32 Å². The van der Waals surface area contributed by atoms with Gasteiger partial charge in [-0.15, -0.1) is 11.3 Å². The second kappa shape index (κ2) is 10.1. The van der Waals surface area contributed by atoms with Crippen LogP contribution in [0, 0.1) is 5.82 Å². The van der Waals surface area contributed by atoms with Gasteiger partial charge in [-0.2, -0.15) is 26.3 Å². The maximum atomic E-state index is 14.4. The van der Waals surface area contributed by atoms with Crippen LogP contribution in [0.1, 0.15) is 50.5 Å². The highest BCUT2D eigenvalue weighted by molar-refractivity contribution is 7.16. The highest BCUT2D eigenvalue weighted by atomic mass is 35.5. The van der Waals surface area contributed by atoms with Crippen molar-refractivity contribution in [3.63, 3.8) is 0 Å². The van der Waals surface area contributed by atoms with Crippen LogP contribution in [-0.4, -0.2) is 53.9 Å². The fraction of sp³-hybridized carbons (Fsp3) is 0.458. The summed E-state index contributed by atoms with van der Waals surface area (Å²) in [5, 5.41) is 4.94. The fourth-order valence-electron chi connectivity index (χ4n) is 5.17. The van der Waals surface area contributed by atoms with Crippen molar-refractivity contribution >= 4 is 52.1 Å². The van der Waals surface area contributed by atoms with Crippen molar-refractivity contribution in [2.75, 3.05) is 13.1 Å². The molecule has 2 unspecified atom stereocenters. The lowest BCUT2D eigenvalue weighted by Crippen LogP contribution is -2.43. The maximum absolute atomic E-state index is 14.4. The number of benzene rings is 1. The van der Waals surface area contributed by atoms with E-state index < -0.39 is 70.2 Å². The van der Waals surface area contributed by atoms with Gasteiger partial charge in [0, 0.05) is 12.1 Å². The van der Waals surface area contributed by atoms with Crippen LogP contribution in [0.5, 0.6) is 0 Å². The van der Waals surface area contributed by atoms with Crippen molar-refractivity contribution in [1.29, 1.82) is 0 Å². The number of rotatable bonds is 5. The fourth-order valence-corrected chi connectivity index (χ4v) is 6.94. The minimum Gasteiger partial charge on any atom is -0.374 e. The van der Waals surface area contributed by atoms with Crippen LogP contribution in [0.4, 0.5) is 30.7 Å². The van der Waals surface area contributed by atoms with Gasteiger partial charge in [0.1, 0.15) is 18.3 Å². The molecule has 2 aromatic rings. The van der Waals surface area contributed by atoms with Crippen LogP contribution in [0.3, 0.4) is 0 Å². The number of nitrogens with zero attached hydrogens (tertiary/aromatic N) is 2. The number of likely N-dealkylation sites (tertiary alicyclic amines) is 1. The van der Waals surface area contributed by atoms with Crippen molar-refractivity contribution in [1.82, 2.24) is 10.2 Å². The van der Waals surface area contributed by atoms with E-state index in [0.29, 0.717) is 40.2 Å². The summed E-state index contributed by atoms with van der Waals surface area (Å²) in [5.74, 6) is -2.66. The molecule has 216 valence electrons. The second-order valence-electron chi connectivity index (χ2n) is 9.65. The average molecular weight is 632 g/mol. The van der Waals surface area contributed by atoms with E-state index in [1.165, 1.54) is 0 Å². The van der Waals surface area contributed by atoms with Gasteiger partial charge in [0.05, 0.1) is 26.2 Å². The number of nitrogens with one attached hydrogen (secondary N) is 1. The van der Waals surface area contributed by atoms with Gasteiger partial charge in [0.2, 0.25) is 5.91 Å². The molecule has 1 N–H and O–H groups in total. The minimum absolute atomic E-state index is 0.0154. The van der Waals surface area contributed by atoms with E-state index in [2.05, 4.69) is 10.5 Å². The molecule has 0 spiro atoms. The number of oxime groups is 1. The molecule has 1 aromatic heterocycles. The zero-order valence-electron chi connectivity index (χ0n) is 20.1. The monoisotopic (exact) mass is 631 g/mol. The van der Waals surface area contributed by atoms with Gasteiger partial charge < -0.3 is 15.1 Å². The molecule has 3 aliphatic rings. The zero-order chi connectivity index (χ0) is 29.2. The summed E-state index contributed by atoms with van der Waals surface area (Å²) in [6.45, 7) is -1.61. The van der Waals surface area contributed by atoms with E-state index in [4.69, 9.17) is 28.0 Å². The number of carbonyl (C=O) groups is 2. The number of alkyl halides is 6. The molecular formula is C24H18Cl2F7N3O3S. The van der Waals surface area contributed by atoms with Crippen LogP contribution in [0.25, 0.3) is 0 Å². The summed E-state index contributed by atoms with van der Waals surface area (Å²) in [6.07, 6.45) is -8.94. The quantitative estimate of drug-likeness (QED) is 0.318. The number of amides is 2. The maximum Gasteiger partial charge on any atom is 0.435 e. The number of halogens is 9. The van der Waals surface area contributed by atoms with Gasteiger partial charge in [0.25, 0.3) is 11.5 Å². The van der Waals surface area contributed by atoms with Crippen molar-refractivity contribution in [2.24, 2.45) is 5.16 Å². The molecule has 16 heteroatoms. The Kier molecular flexibility index (Phi) is 7.27. The summed E-state index contributed by atoms with van der Waals surface area (Å²) in [5.41, 5.74) is -2.47. The van der Waals surface area contributed by atoms with Crippen LogP contribution >= 0.6 is 34.5 Å². The number of thiophene rings is 1. The highest BCUT2D eigenvalue weighted by Crippen LogP contribution is 2.51. The Labute approximate surface area is 236 Å². The summed E-state index contributed by atoms with van der Waals surface area (Å²) >= 11 is 12.4. The predicted octanol–water partition coefficient (Wildman–Crippen LogP) is 6.16. The van der Waals surface area contributed by atoms with E-state index in [1.54, 1.807) is 0 Å². The Morgan fingerprint density at radius 3 is 2.42 bits per heavy atom. The van der Waals surface area contributed by atoms with Gasteiger partial charge in [-0.3, -0.25) is 9.59 Å². The molecule has 40 heavy (non-hydrogen) atoms. The standard InChI is InChI=1S/C24H18Cl2F7N3O3S/c25-13-6-10(7-14(26)17(13)27)22(24(31,32)33)8-16(35-39-22)18-11-2-1-3-12(11)19(40-18)20(37)34-15-4-5-36(21(15)38)9-23(28,29)30/h6-7,15H,1-5,8-9H2,(H,34,37). The van der Waals surface area contributed by atoms with Crippen molar-refractivity contribution in [2.45, 2.75) is 56.1 Å². The Morgan fingerprint density at radius 1 is 1.15 bits per heavy atom. The largest absolute Gasteiger partial charge is 0.435 e. The first-order chi connectivity index (χ1) is 18.6. The van der Waals surface area contributed by atoms with E-state index >= 15 is 0 Å². The first kappa shape index (κ1) is 28.9. The smallest absolute Gasteiger partial charge is 0.374 e. The predicted molar refractivity (Wildman–Crippen MR) is 131 cm³/mol. The molecule has 2 aliphatic heterocycles. The third-order valence-electron chi connectivity index (χ3n) is 7.05. The summed E-state index contributed by atoms with van der Waals surface area (Å²) in [7, 11) is 0. The number of fused-ring (bicyclic) bond motifs is 1. The molecule has 6 nitrogen and oxygen atoms in total. The van der Waals surface area contributed by atoms with E-state index in [0.717, 1.165) is 23.5 Å². The average Bonchev–Trinajstić information content (AvgIpc) is 3.62. The van der Waals surface area contributed by atoms with E-state index in [-0.39, 0.29) is 23.6 Å².